The van der Waals surface area contributed by atoms with Crippen LogP contribution in [0.2, 0.25) is 0 Å². The zero-order valence-corrected chi connectivity index (χ0v) is 14.5. The van der Waals surface area contributed by atoms with E-state index in [9.17, 15) is 4.79 Å². The van der Waals surface area contributed by atoms with E-state index >= 15 is 0 Å². The van der Waals surface area contributed by atoms with Gasteiger partial charge in [0.25, 0.3) is 0 Å². The quantitative estimate of drug-likeness (QED) is 0.469. The molecule has 1 aromatic heterocycles. The van der Waals surface area contributed by atoms with Gasteiger partial charge in [0.2, 0.25) is 0 Å². The second kappa shape index (κ2) is 5.99. The predicted molar refractivity (Wildman–Crippen MR) is 106 cm³/mol. The lowest BCUT2D eigenvalue weighted by Gasteiger charge is -2.36. The van der Waals surface area contributed by atoms with E-state index in [1.807, 2.05) is 42.5 Å². The lowest BCUT2D eigenvalue weighted by Crippen LogP contribution is -2.34. The summed E-state index contributed by atoms with van der Waals surface area (Å²) in [5.41, 5.74) is 2.43. The Morgan fingerprint density at radius 2 is 1.37 bits per heavy atom. The molecule has 3 heteroatoms. The minimum absolute atomic E-state index is 0.369. The minimum atomic E-state index is -0.750. The first kappa shape index (κ1) is 15.6. The van der Waals surface area contributed by atoms with Gasteiger partial charge in [0.15, 0.2) is 5.60 Å². The normalized spacial score (nSPS) is 14.5. The Kier molecular flexibility index (Phi) is 3.47. The fourth-order valence-electron chi connectivity index (χ4n) is 3.63. The molecule has 0 amide bonds. The topological polar surface area (TPSA) is 39.4 Å². The fraction of sp³-hybridized carbons (Fsp3) is 0.0417. The highest BCUT2D eigenvalue weighted by molar-refractivity contribution is 5.89. The average Bonchev–Trinajstić information content (AvgIpc) is 2.74. The first-order valence-electron chi connectivity index (χ1n) is 8.82. The van der Waals surface area contributed by atoms with Gasteiger partial charge in [-0.1, -0.05) is 66.7 Å². The molecule has 3 nitrogen and oxygen atoms in total. The molecule has 0 saturated heterocycles. The van der Waals surface area contributed by atoms with Crippen LogP contribution in [0.15, 0.2) is 100 Å². The zero-order chi connectivity index (χ0) is 18.3. The molecule has 0 saturated carbocycles. The van der Waals surface area contributed by atoms with E-state index in [0.29, 0.717) is 11.3 Å². The van der Waals surface area contributed by atoms with Crippen molar-refractivity contribution in [1.29, 1.82) is 0 Å². The molecule has 0 N–H and O–H groups in total. The summed E-state index contributed by atoms with van der Waals surface area (Å²) in [5.74, 6) is 0.714. The Morgan fingerprint density at radius 3 is 2.04 bits per heavy atom. The van der Waals surface area contributed by atoms with Crippen molar-refractivity contribution in [2.75, 3.05) is 0 Å². The molecule has 3 aromatic carbocycles. The SMILES string of the molecule is O=c1ccc2c3c(ccc2o1)C=CC(c1ccccc1)(c1ccccc1)O3. The minimum Gasteiger partial charge on any atom is -0.472 e. The standard InChI is InChI=1S/C24H16O3/c25-22-14-12-20-21(26-22)13-11-17-15-16-24(27-23(17)20,18-7-3-1-4-8-18)19-9-5-2-6-10-19/h1-16H. The highest BCUT2D eigenvalue weighted by Crippen LogP contribution is 2.44. The van der Waals surface area contributed by atoms with E-state index in [4.69, 9.17) is 9.15 Å². The van der Waals surface area contributed by atoms with E-state index in [1.165, 1.54) is 6.07 Å². The second-order valence-electron chi connectivity index (χ2n) is 6.55. The van der Waals surface area contributed by atoms with Gasteiger partial charge in [-0.25, -0.2) is 4.79 Å². The van der Waals surface area contributed by atoms with Gasteiger partial charge in [0, 0.05) is 22.8 Å². The summed E-state index contributed by atoms with van der Waals surface area (Å²) < 4.78 is 12.0. The second-order valence-corrected chi connectivity index (χ2v) is 6.55. The van der Waals surface area contributed by atoms with Crippen LogP contribution in [0.4, 0.5) is 0 Å². The van der Waals surface area contributed by atoms with Crippen molar-refractivity contribution in [2.45, 2.75) is 5.60 Å². The summed E-state index contributed by atoms with van der Waals surface area (Å²) in [6.07, 6.45) is 4.16. The summed E-state index contributed by atoms with van der Waals surface area (Å²) in [4.78, 5) is 11.6. The molecular weight excluding hydrogens is 336 g/mol. The Labute approximate surface area is 156 Å². The number of benzene rings is 3. The third-order valence-electron chi connectivity index (χ3n) is 4.95. The molecule has 1 aliphatic heterocycles. The summed E-state index contributed by atoms with van der Waals surface area (Å²) >= 11 is 0. The van der Waals surface area contributed by atoms with Gasteiger partial charge in [-0.15, -0.1) is 0 Å². The van der Waals surface area contributed by atoms with Gasteiger partial charge in [-0.2, -0.15) is 0 Å². The Hall–Kier alpha value is -3.59. The van der Waals surface area contributed by atoms with E-state index in [2.05, 4.69) is 36.4 Å². The van der Waals surface area contributed by atoms with Crippen molar-refractivity contribution in [3.8, 4) is 5.75 Å². The maximum atomic E-state index is 11.6. The smallest absolute Gasteiger partial charge is 0.336 e. The van der Waals surface area contributed by atoms with Gasteiger partial charge in [-0.05, 0) is 24.3 Å². The fourth-order valence-corrected chi connectivity index (χ4v) is 3.63. The summed E-state index contributed by atoms with van der Waals surface area (Å²) in [6, 6.07) is 27.2. The zero-order valence-electron chi connectivity index (χ0n) is 14.5. The molecule has 27 heavy (non-hydrogen) atoms. The summed E-state index contributed by atoms with van der Waals surface area (Å²) in [5, 5.41) is 0.785. The molecule has 0 atom stereocenters. The maximum Gasteiger partial charge on any atom is 0.336 e. The predicted octanol–water partition coefficient (Wildman–Crippen LogP) is 5.14. The van der Waals surface area contributed by atoms with E-state index in [1.54, 1.807) is 12.1 Å². The Balaban J connectivity index is 1.78. The van der Waals surface area contributed by atoms with Gasteiger partial charge >= 0.3 is 5.63 Å². The molecule has 0 unspecified atom stereocenters. The Morgan fingerprint density at radius 1 is 0.704 bits per heavy atom. The highest BCUT2D eigenvalue weighted by atomic mass is 16.5. The highest BCUT2D eigenvalue weighted by Gasteiger charge is 2.37. The molecule has 0 bridgehead atoms. The maximum absolute atomic E-state index is 11.6. The molecule has 0 spiro atoms. The first-order chi connectivity index (χ1) is 13.3. The average molecular weight is 352 g/mol. The van der Waals surface area contributed by atoms with Crippen molar-refractivity contribution in [3.05, 3.63) is 118 Å². The summed E-state index contributed by atoms with van der Waals surface area (Å²) in [7, 11) is 0. The van der Waals surface area contributed by atoms with Crippen LogP contribution in [0.3, 0.4) is 0 Å². The van der Waals surface area contributed by atoms with Crippen LogP contribution >= 0.6 is 0 Å². The molecule has 5 rings (SSSR count). The van der Waals surface area contributed by atoms with Crippen molar-refractivity contribution in [2.24, 2.45) is 0 Å². The number of fused-ring (bicyclic) bond motifs is 3. The first-order valence-corrected chi connectivity index (χ1v) is 8.82. The third kappa shape index (κ3) is 2.48. The van der Waals surface area contributed by atoms with Crippen LogP contribution in [0.1, 0.15) is 16.7 Å². The van der Waals surface area contributed by atoms with Crippen LogP contribution in [0.25, 0.3) is 17.0 Å². The van der Waals surface area contributed by atoms with Crippen LogP contribution in [0, 0.1) is 0 Å². The van der Waals surface area contributed by atoms with Crippen LogP contribution < -0.4 is 10.4 Å². The Bertz CT molecular complexity index is 1170. The number of hydrogen-bond donors (Lipinski definition) is 0. The lowest BCUT2D eigenvalue weighted by atomic mass is 9.83. The lowest BCUT2D eigenvalue weighted by molar-refractivity contribution is 0.163. The van der Waals surface area contributed by atoms with Crippen LogP contribution in [-0.2, 0) is 5.60 Å². The largest absolute Gasteiger partial charge is 0.472 e. The third-order valence-corrected chi connectivity index (χ3v) is 4.95. The number of rotatable bonds is 2. The number of ether oxygens (including phenoxy) is 1. The van der Waals surface area contributed by atoms with E-state index in [0.717, 1.165) is 22.1 Å². The van der Waals surface area contributed by atoms with Crippen LogP contribution in [0.5, 0.6) is 5.75 Å². The monoisotopic (exact) mass is 352 g/mol. The van der Waals surface area contributed by atoms with E-state index in [-0.39, 0.29) is 5.63 Å². The molecular formula is C24H16O3. The molecule has 1 aliphatic rings. The molecule has 0 fully saturated rings. The van der Waals surface area contributed by atoms with Crippen LogP contribution in [-0.4, -0.2) is 0 Å². The molecule has 130 valence electrons. The van der Waals surface area contributed by atoms with Gasteiger partial charge in [0.1, 0.15) is 11.3 Å². The summed E-state index contributed by atoms with van der Waals surface area (Å²) in [6.45, 7) is 0. The van der Waals surface area contributed by atoms with Crippen molar-refractivity contribution < 1.29 is 9.15 Å². The number of hydrogen-bond acceptors (Lipinski definition) is 3. The van der Waals surface area contributed by atoms with Crippen molar-refractivity contribution in [1.82, 2.24) is 0 Å². The molecule has 0 aliphatic carbocycles. The molecule has 2 heterocycles. The van der Waals surface area contributed by atoms with Crippen molar-refractivity contribution in [3.63, 3.8) is 0 Å². The van der Waals surface area contributed by atoms with Gasteiger partial charge in [-0.3, -0.25) is 0 Å². The molecule has 0 radical (unpaired) electrons. The van der Waals surface area contributed by atoms with E-state index < -0.39 is 5.60 Å². The van der Waals surface area contributed by atoms with Crippen molar-refractivity contribution >= 4 is 17.0 Å². The van der Waals surface area contributed by atoms with Gasteiger partial charge in [0.05, 0.1) is 5.39 Å². The van der Waals surface area contributed by atoms with Gasteiger partial charge < -0.3 is 9.15 Å². The molecule has 4 aromatic rings.